The van der Waals surface area contributed by atoms with Crippen LogP contribution in [0.5, 0.6) is 0 Å². The molecule has 23 heavy (non-hydrogen) atoms. The maximum Gasteiger partial charge on any atom is 0.410 e. The molecule has 2 heterocycles. The molecule has 1 amide bonds. The molecule has 1 atom stereocenters. The summed E-state index contributed by atoms with van der Waals surface area (Å²) in [4.78, 5) is 14.4. The molecule has 5 nitrogen and oxygen atoms in total. The summed E-state index contributed by atoms with van der Waals surface area (Å²) in [7, 11) is 2.06. The number of benzene rings is 1. The summed E-state index contributed by atoms with van der Waals surface area (Å²) >= 11 is 0. The molecule has 0 aliphatic carbocycles. The summed E-state index contributed by atoms with van der Waals surface area (Å²) in [5, 5.41) is 4.58. The fraction of sp³-hybridized carbons (Fsp3) is 0.500. The van der Waals surface area contributed by atoms with Crippen LogP contribution in [0.15, 0.2) is 30.3 Å². The van der Waals surface area contributed by atoms with Crippen LogP contribution in [0.25, 0.3) is 10.9 Å². The zero-order valence-corrected chi connectivity index (χ0v) is 14.3. The Morgan fingerprint density at radius 2 is 2.04 bits per heavy atom. The largest absolute Gasteiger partial charge is 0.444 e. The molecule has 1 aromatic heterocycles. The Balaban J connectivity index is 1.94. The van der Waals surface area contributed by atoms with Crippen molar-refractivity contribution in [2.75, 3.05) is 19.6 Å². The fourth-order valence-electron chi connectivity index (χ4n) is 3.14. The summed E-state index contributed by atoms with van der Waals surface area (Å²) in [5.74, 6) is 0. The summed E-state index contributed by atoms with van der Waals surface area (Å²) in [6, 6.07) is 10.4. The molecule has 0 saturated carbocycles. The van der Waals surface area contributed by atoms with Crippen LogP contribution in [0, 0.1) is 0 Å². The lowest BCUT2D eigenvalue weighted by Crippen LogP contribution is -2.50. The smallest absolute Gasteiger partial charge is 0.410 e. The van der Waals surface area contributed by atoms with Gasteiger partial charge in [-0.2, -0.15) is 0 Å². The minimum atomic E-state index is -0.481. The average molecular weight is 315 g/mol. The van der Waals surface area contributed by atoms with E-state index in [-0.39, 0.29) is 12.1 Å². The van der Waals surface area contributed by atoms with Gasteiger partial charge >= 0.3 is 6.09 Å². The van der Waals surface area contributed by atoms with Crippen molar-refractivity contribution in [2.45, 2.75) is 32.4 Å². The first-order chi connectivity index (χ1) is 10.9. The maximum atomic E-state index is 12.6. The van der Waals surface area contributed by atoms with Gasteiger partial charge in [0.2, 0.25) is 0 Å². The molecule has 1 aliphatic heterocycles. The predicted molar refractivity (Wildman–Crippen MR) is 91.5 cm³/mol. The fourth-order valence-corrected chi connectivity index (χ4v) is 3.14. The highest BCUT2D eigenvalue weighted by molar-refractivity contribution is 5.81. The van der Waals surface area contributed by atoms with E-state index in [1.165, 1.54) is 10.9 Å². The Morgan fingerprint density at radius 1 is 1.30 bits per heavy atom. The van der Waals surface area contributed by atoms with E-state index in [0.717, 1.165) is 18.8 Å². The average Bonchev–Trinajstić information content (AvgIpc) is 2.83. The number of carbonyl (C=O) groups excluding carboxylic acids is 1. The molecule has 1 aromatic carbocycles. The first-order valence-corrected chi connectivity index (χ1v) is 8.11. The van der Waals surface area contributed by atoms with Crippen molar-refractivity contribution in [2.24, 2.45) is 7.05 Å². The second-order valence-corrected chi connectivity index (χ2v) is 7.08. The number of hydrogen-bond donors (Lipinski definition) is 1. The molecule has 0 spiro atoms. The van der Waals surface area contributed by atoms with Crippen molar-refractivity contribution >= 4 is 17.0 Å². The van der Waals surface area contributed by atoms with Crippen molar-refractivity contribution in [1.82, 2.24) is 14.8 Å². The molecule has 1 unspecified atom stereocenters. The molecular formula is C18H25N3O2. The zero-order chi connectivity index (χ0) is 16.6. The quantitative estimate of drug-likeness (QED) is 0.880. The Morgan fingerprint density at radius 3 is 2.74 bits per heavy atom. The van der Waals surface area contributed by atoms with E-state index < -0.39 is 5.60 Å². The summed E-state index contributed by atoms with van der Waals surface area (Å²) in [5.41, 5.74) is 1.83. The number of nitrogens with one attached hydrogen (secondary N) is 1. The normalized spacial score (nSPS) is 19.1. The number of para-hydroxylation sites is 1. The lowest BCUT2D eigenvalue weighted by Gasteiger charge is -2.37. The third-order valence-corrected chi connectivity index (χ3v) is 4.20. The lowest BCUT2D eigenvalue weighted by atomic mass is 10.1. The number of piperazine rings is 1. The monoisotopic (exact) mass is 315 g/mol. The highest BCUT2D eigenvalue weighted by atomic mass is 16.6. The Hall–Kier alpha value is -2.01. The number of aromatic nitrogens is 1. The Kier molecular flexibility index (Phi) is 4.06. The van der Waals surface area contributed by atoms with Crippen LogP contribution >= 0.6 is 0 Å². The molecule has 1 aliphatic rings. The minimum Gasteiger partial charge on any atom is -0.444 e. The van der Waals surface area contributed by atoms with Crippen molar-refractivity contribution in [3.63, 3.8) is 0 Å². The van der Waals surface area contributed by atoms with Crippen LogP contribution in [-0.4, -0.2) is 40.8 Å². The Labute approximate surface area is 137 Å². The van der Waals surface area contributed by atoms with Crippen molar-refractivity contribution < 1.29 is 9.53 Å². The van der Waals surface area contributed by atoms with Gasteiger partial charge in [0.25, 0.3) is 0 Å². The zero-order valence-electron chi connectivity index (χ0n) is 14.3. The van der Waals surface area contributed by atoms with Gasteiger partial charge in [-0.3, -0.25) is 4.90 Å². The van der Waals surface area contributed by atoms with E-state index in [9.17, 15) is 4.79 Å². The van der Waals surface area contributed by atoms with Gasteiger partial charge in [-0.05, 0) is 38.3 Å². The third-order valence-electron chi connectivity index (χ3n) is 4.20. The van der Waals surface area contributed by atoms with E-state index in [1.807, 2.05) is 37.8 Å². The lowest BCUT2D eigenvalue weighted by molar-refractivity contribution is 0.0111. The van der Waals surface area contributed by atoms with Crippen LogP contribution in [0.3, 0.4) is 0 Å². The molecule has 1 N–H and O–H groups in total. The number of amides is 1. The minimum absolute atomic E-state index is 0.0176. The predicted octanol–water partition coefficient (Wildman–Crippen LogP) is 3.06. The van der Waals surface area contributed by atoms with E-state index >= 15 is 0 Å². The number of aryl methyl sites for hydroxylation is 1. The summed E-state index contributed by atoms with van der Waals surface area (Å²) in [6.45, 7) is 7.89. The number of fused-ring (bicyclic) bond motifs is 1. The van der Waals surface area contributed by atoms with Gasteiger partial charge in [0.05, 0.1) is 6.04 Å². The van der Waals surface area contributed by atoms with Crippen molar-refractivity contribution in [3.8, 4) is 0 Å². The number of ether oxygens (including phenoxy) is 1. The second-order valence-electron chi connectivity index (χ2n) is 7.08. The van der Waals surface area contributed by atoms with E-state index in [0.29, 0.717) is 6.54 Å². The van der Waals surface area contributed by atoms with E-state index in [2.05, 4.69) is 35.1 Å². The molecular weight excluding hydrogens is 290 g/mol. The SMILES string of the molecule is Cn1c(C2CNCCN2C(=O)OC(C)(C)C)cc2ccccc21. The van der Waals surface area contributed by atoms with Crippen molar-refractivity contribution in [1.29, 1.82) is 0 Å². The first-order valence-electron chi connectivity index (χ1n) is 8.11. The number of carbonyl (C=O) groups is 1. The van der Waals surface area contributed by atoms with Gasteiger partial charge in [-0.1, -0.05) is 18.2 Å². The van der Waals surface area contributed by atoms with Gasteiger partial charge in [-0.25, -0.2) is 4.79 Å². The van der Waals surface area contributed by atoms with Crippen LogP contribution in [-0.2, 0) is 11.8 Å². The van der Waals surface area contributed by atoms with Gasteiger partial charge in [0.15, 0.2) is 0 Å². The van der Waals surface area contributed by atoms with Crippen LogP contribution in [0.2, 0.25) is 0 Å². The van der Waals surface area contributed by atoms with Crippen LogP contribution < -0.4 is 5.32 Å². The number of rotatable bonds is 1. The summed E-state index contributed by atoms with van der Waals surface area (Å²) in [6.07, 6.45) is -0.241. The summed E-state index contributed by atoms with van der Waals surface area (Å²) < 4.78 is 7.76. The second kappa shape index (κ2) is 5.89. The maximum absolute atomic E-state index is 12.6. The van der Waals surface area contributed by atoms with E-state index in [4.69, 9.17) is 4.74 Å². The molecule has 5 heteroatoms. The standard InChI is InChI=1S/C18H25N3O2/c1-18(2,3)23-17(22)21-10-9-19-12-16(21)15-11-13-7-5-6-8-14(13)20(15)4/h5-8,11,16,19H,9-10,12H2,1-4H3. The number of nitrogens with zero attached hydrogens (tertiary/aromatic N) is 2. The molecule has 2 aromatic rings. The van der Waals surface area contributed by atoms with Crippen LogP contribution in [0.4, 0.5) is 4.79 Å². The van der Waals surface area contributed by atoms with Gasteiger partial charge in [-0.15, -0.1) is 0 Å². The molecule has 0 radical (unpaired) electrons. The molecule has 1 fully saturated rings. The van der Waals surface area contributed by atoms with E-state index in [1.54, 1.807) is 0 Å². The third kappa shape index (κ3) is 3.20. The Bertz CT molecular complexity index is 715. The first kappa shape index (κ1) is 15.9. The van der Waals surface area contributed by atoms with Gasteiger partial charge in [0.1, 0.15) is 5.60 Å². The topological polar surface area (TPSA) is 46.5 Å². The van der Waals surface area contributed by atoms with Gasteiger partial charge in [0, 0.05) is 37.9 Å². The molecule has 0 bridgehead atoms. The highest BCUT2D eigenvalue weighted by Gasteiger charge is 2.33. The van der Waals surface area contributed by atoms with Crippen LogP contribution in [0.1, 0.15) is 32.5 Å². The molecule has 1 saturated heterocycles. The van der Waals surface area contributed by atoms with Crippen molar-refractivity contribution in [3.05, 3.63) is 36.0 Å². The molecule has 124 valence electrons. The molecule has 3 rings (SSSR count). The van der Waals surface area contributed by atoms with Gasteiger partial charge < -0.3 is 14.6 Å². The number of hydrogen-bond acceptors (Lipinski definition) is 3. The highest BCUT2D eigenvalue weighted by Crippen LogP contribution is 2.29.